The number of rotatable bonds is 7. The van der Waals surface area contributed by atoms with Gasteiger partial charge in [-0.05, 0) is 51.3 Å². The molecule has 1 atom stereocenters. The number of carbonyl (C=O) groups excluding carboxylic acids is 1. The fourth-order valence-corrected chi connectivity index (χ4v) is 5.52. The van der Waals surface area contributed by atoms with E-state index in [-0.39, 0.29) is 17.8 Å². The molecule has 0 aliphatic carbocycles. The summed E-state index contributed by atoms with van der Waals surface area (Å²) in [6.45, 7) is 7.24. The van der Waals surface area contributed by atoms with Crippen LogP contribution in [0.4, 0.5) is 20.6 Å². The monoisotopic (exact) mass is 563 g/mol. The zero-order chi connectivity index (χ0) is 29.3. The lowest BCUT2D eigenvalue weighted by atomic mass is 9.97. The number of piperidine rings is 1. The van der Waals surface area contributed by atoms with Crippen LogP contribution in [0, 0.1) is 5.82 Å². The molecule has 1 aliphatic heterocycles. The maximum Gasteiger partial charge on any atom is 0.408 e. The fourth-order valence-electron chi connectivity index (χ4n) is 5.52. The van der Waals surface area contributed by atoms with E-state index in [0.29, 0.717) is 47.7 Å². The molecule has 4 heterocycles. The van der Waals surface area contributed by atoms with Gasteiger partial charge in [-0.2, -0.15) is 5.10 Å². The Labute approximate surface area is 236 Å². The van der Waals surface area contributed by atoms with Crippen LogP contribution in [0.25, 0.3) is 11.0 Å². The number of hydrogen-bond acceptors (Lipinski definition) is 6. The minimum absolute atomic E-state index is 0.224. The van der Waals surface area contributed by atoms with Gasteiger partial charge in [0.25, 0.3) is 5.91 Å². The minimum Gasteiger partial charge on any atom is -0.493 e. The van der Waals surface area contributed by atoms with Gasteiger partial charge in [-0.1, -0.05) is 12.1 Å². The molecule has 3 aromatic heterocycles. The molecule has 2 amide bonds. The van der Waals surface area contributed by atoms with Crippen LogP contribution in [0.15, 0.2) is 49.1 Å². The Hall–Kier alpha value is -4.61. The lowest BCUT2D eigenvalue weighted by Gasteiger charge is -2.45. The van der Waals surface area contributed by atoms with Gasteiger partial charge in [-0.3, -0.25) is 14.4 Å². The SMILES string of the molecule is COc1cnc2[nH]cc(NC(=O)c3cnn(Cc4ccc(F)cc4)c3)c2c1N1CCC[C@@H](N(C(=O)O)C(C)(C)C)C1. The van der Waals surface area contributed by atoms with Crippen molar-refractivity contribution in [1.29, 1.82) is 0 Å². The van der Waals surface area contributed by atoms with Gasteiger partial charge < -0.3 is 25.0 Å². The number of aromatic amines is 1. The van der Waals surface area contributed by atoms with E-state index in [0.717, 1.165) is 24.1 Å². The first-order chi connectivity index (χ1) is 19.5. The molecule has 1 aromatic carbocycles. The highest BCUT2D eigenvalue weighted by Crippen LogP contribution is 2.41. The van der Waals surface area contributed by atoms with Gasteiger partial charge in [0.15, 0.2) is 5.75 Å². The second kappa shape index (κ2) is 11.1. The van der Waals surface area contributed by atoms with Gasteiger partial charge in [0.2, 0.25) is 0 Å². The first kappa shape index (κ1) is 27.9. The van der Waals surface area contributed by atoms with Gasteiger partial charge in [-0.15, -0.1) is 0 Å². The molecule has 1 saturated heterocycles. The largest absolute Gasteiger partial charge is 0.493 e. The summed E-state index contributed by atoms with van der Waals surface area (Å²) in [5.41, 5.74) is 2.48. The van der Waals surface area contributed by atoms with Crippen LogP contribution >= 0.6 is 0 Å². The number of amides is 2. The molecule has 41 heavy (non-hydrogen) atoms. The number of pyridine rings is 1. The number of fused-ring (bicyclic) bond motifs is 1. The molecule has 0 spiro atoms. The number of nitrogens with zero attached hydrogens (tertiary/aromatic N) is 5. The molecular weight excluding hydrogens is 529 g/mol. The summed E-state index contributed by atoms with van der Waals surface area (Å²) in [5, 5.41) is 17.9. The number of carbonyl (C=O) groups is 2. The van der Waals surface area contributed by atoms with E-state index in [2.05, 4.69) is 25.3 Å². The summed E-state index contributed by atoms with van der Waals surface area (Å²) < 4.78 is 20.6. The van der Waals surface area contributed by atoms with Crippen molar-refractivity contribution >= 4 is 34.4 Å². The van der Waals surface area contributed by atoms with Crippen LogP contribution in [0.3, 0.4) is 0 Å². The number of benzene rings is 1. The second-order valence-electron chi connectivity index (χ2n) is 11.2. The topological polar surface area (TPSA) is 129 Å². The normalized spacial score (nSPS) is 15.6. The van der Waals surface area contributed by atoms with Crippen LogP contribution in [0.2, 0.25) is 0 Å². The number of methoxy groups -OCH3 is 1. The van der Waals surface area contributed by atoms with Crippen molar-refractivity contribution in [2.75, 3.05) is 30.4 Å². The summed E-state index contributed by atoms with van der Waals surface area (Å²) in [4.78, 5) is 36.7. The average molecular weight is 564 g/mol. The van der Waals surface area contributed by atoms with Crippen LogP contribution in [-0.2, 0) is 6.54 Å². The molecule has 3 N–H and O–H groups in total. The molecule has 4 aromatic rings. The molecule has 0 saturated carbocycles. The Morgan fingerprint density at radius 1 is 1.24 bits per heavy atom. The van der Waals surface area contributed by atoms with Crippen LogP contribution in [0.5, 0.6) is 5.75 Å². The number of ether oxygens (including phenoxy) is 1. The van der Waals surface area contributed by atoms with Crippen LogP contribution in [-0.4, -0.2) is 73.5 Å². The van der Waals surface area contributed by atoms with Crippen molar-refractivity contribution in [2.45, 2.75) is 51.7 Å². The van der Waals surface area contributed by atoms with Crippen molar-refractivity contribution in [3.63, 3.8) is 0 Å². The van der Waals surface area contributed by atoms with Gasteiger partial charge in [-0.25, -0.2) is 14.2 Å². The maximum atomic E-state index is 13.3. The Morgan fingerprint density at radius 2 is 2.00 bits per heavy atom. The molecule has 1 aliphatic rings. The molecule has 0 unspecified atom stereocenters. The predicted molar refractivity (Wildman–Crippen MR) is 153 cm³/mol. The van der Waals surface area contributed by atoms with Crippen molar-refractivity contribution in [3.8, 4) is 5.75 Å². The highest BCUT2D eigenvalue weighted by Gasteiger charge is 2.37. The zero-order valence-corrected chi connectivity index (χ0v) is 23.5. The first-order valence-electron chi connectivity index (χ1n) is 13.4. The number of halogens is 1. The highest BCUT2D eigenvalue weighted by atomic mass is 19.1. The predicted octanol–water partition coefficient (Wildman–Crippen LogP) is 4.96. The van der Waals surface area contributed by atoms with E-state index in [4.69, 9.17) is 4.74 Å². The van der Waals surface area contributed by atoms with Crippen LogP contribution in [0.1, 0.15) is 49.5 Å². The Bertz CT molecular complexity index is 1560. The molecule has 0 radical (unpaired) electrons. The molecule has 11 nitrogen and oxygen atoms in total. The fraction of sp³-hybridized carbons (Fsp3) is 0.379. The van der Waals surface area contributed by atoms with Gasteiger partial charge in [0.05, 0.1) is 54.4 Å². The summed E-state index contributed by atoms with van der Waals surface area (Å²) in [7, 11) is 1.56. The lowest BCUT2D eigenvalue weighted by Crippen LogP contribution is -2.56. The highest BCUT2D eigenvalue weighted by molar-refractivity contribution is 6.12. The third-order valence-electron chi connectivity index (χ3n) is 7.27. The molecule has 5 rings (SSSR count). The summed E-state index contributed by atoms with van der Waals surface area (Å²) >= 11 is 0. The standard InChI is InChI=1S/C29H34FN7O4/c1-29(2,3)37(28(39)40)21-6-5-11-35(17-21)25-23(41-4)14-32-26-24(25)22(13-31-26)34-27(38)19-12-33-36(16-19)15-18-7-9-20(30)10-8-18/h7-10,12-14,16,21H,5-6,11,15,17H2,1-4H3,(H,31,32)(H,34,38)(H,39,40)/t21-/m1/s1. The molecule has 216 valence electrons. The maximum absolute atomic E-state index is 13.3. The van der Waals surface area contributed by atoms with Crippen molar-refractivity contribution in [2.24, 2.45) is 0 Å². The summed E-state index contributed by atoms with van der Waals surface area (Å²) in [5.74, 6) is -0.142. The van der Waals surface area contributed by atoms with Gasteiger partial charge in [0.1, 0.15) is 11.5 Å². The molecule has 1 fully saturated rings. The van der Waals surface area contributed by atoms with Crippen molar-refractivity contribution in [3.05, 3.63) is 66.0 Å². The van der Waals surface area contributed by atoms with Gasteiger partial charge in [0, 0.05) is 31.0 Å². The number of aromatic nitrogens is 4. The third kappa shape index (κ3) is 5.81. The van der Waals surface area contributed by atoms with E-state index in [1.165, 1.54) is 23.2 Å². The molecule has 0 bridgehead atoms. The zero-order valence-electron chi connectivity index (χ0n) is 23.5. The number of nitrogens with one attached hydrogen (secondary N) is 2. The van der Waals surface area contributed by atoms with Crippen molar-refractivity contribution in [1.82, 2.24) is 24.6 Å². The minimum atomic E-state index is -0.953. The lowest BCUT2D eigenvalue weighted by molar-refractivity contribution is 0.0648. The second-order valence-corrected chi connectivity index (χ2v) is 11.2. The Balaban J connectivity index is 1.42. The summed E-state index contributed by atoms with van der Waals surface area (Å²) in [6, 6.07) is 5.89. The third-order valence-corrected chi connectivity index (χ3v) is 7.27. The first-order valence-corrected chi connectivity index (χ1v) is 13.4. The van der Waals surface area contributed by atoms with E-state index >= 15 is 0 Å². The molecular formula is C29H34FN7O4. The quantitative estimate of drug-likeness (QED) is 0.290. The van der Waals surface area contributed by atoms with E-state index in [1.54, 1.807) is 42.5 Å². The van der Waals surface area contributed by atoms with E-state index < -0.39 is 11.6 Å². The number of anilines is 2. The Kier molecular flexibility index (Phi) is 7.57. The van der Waals surface area contributed by atoms with Crippen LogP contribution < -0.4 is 15.0 Å². The average Bonchev–Trinajstić information content (AvgIpc) is 3.56. The summed E-state index contributed by atoms with van der Waals surface area (Å²) in [6.07, 6.45) is 7.01. The number of H-pyrrole nitrogens is 1. The van der Waals surface area contributed by atoms with E-state index in [9.17, 15) is 19.1 Å². The molecule has 12 heteroatoms. The smallest absolute Gasteiger partial charge is 0.408 e. The van der Waals surface area contributed by atoms with Gasteiger partial charge >= 0.3 is 6.09 Å². The number of hydrogen-bond donors (Lipinski definition) is 3. The van der Waals surface area contributed by atoms with Crippen molar-refractivity contribution < 1.29 is 23.8 Å². The Morgan fingerprint density at radius 3 is 2.68 bits per heavy atom. The number of carboxylic acid groups (broad SMARTS) is 1. The van der Waals surface area contributed by atoms with E-state index in [1.807, 2.05) is 20.8 Å².